The van der Waals surface area contributed by atoms with Gasteiger partial charge >= 0.3 is 0 Å². The van der Waals surface area contributed by atoms with Gasteiger partial charge < -0.3 is 20.3 Å². The van der Waals surface area contributed by atoms with E-state index in [1.807, 2.05) is 27.5 Å². The summed E-state index contributed by atoms with van der Waals surface area (Å²) in [5.41, 5.74) is 2.30. The van der Waals surface area contributed by atoms with Crippen LogP contribution in [0.3, 0.4) is 0 Å². The van der Waals surface area contributed by atoms with Gasteiger partial charge in [0.1, 0.15) is 18.1 Å². The van der Waals surface area contributed by atoms with E-state index in [-0.39, 0.29) is 17.9 Å². The van der Waals surface area contributed by atoms with Crippen molar-refractivity contribution in [1.29, 1.82) is 0 Å². The maximum Gasteiger partial charge on any atom is 0.293 e. The molecule has 3 aromatic heterocycles. The number of nitrogens with one attached hydrogen (secondary N) is 2. The lowest BCUT2D eigenvalue weighted by Gasteiger charge is -2.29. The molecule has 2 N–H and O–H groups in total. The summed E-state index contributed by atoms with van der Waals surface area (Å²) in [6.07, 6.45) is 4.32. The van der Waals surface area contributed by atoms with E-state index in [4.69, 9.17) is 14.8 Å². The third-order valence-electron chi connectivity index (χ3n) is 6.55. The van der Waals surface area contributed by atoms with Crippen LogP contribution in [-0.2, 0) is 15.1 Å². The van der Waals surface area contributed by atoms with E-state index in [0.717, 1.165) is 49.0 Å². The number of hydrogen-bond acceptors (Lipinski definition) is 8. The fourth-order valence-electron chi connectivity index (χ4n) is 4.84. The lowest BCUT2D eigenvalue weighted by atomic mass is 10.0. The average Bonchev–Trinajstić information content (AvgIpc) is 3.54. The molecule has 10 nitrogen and oxygen atoms in total. The summed E-state index contributed by atoms with van der Waals surface area (Å²) in [5, 5.41) is 11.6. The summed E-state index contributed by atoms with van der Waals surface area (Å²) in [4.78, 5) is 22.3. The molecule has 5 rings (SSSR count). The number of carbonyl (C=O) groups is 1. The quantitative estimate of drug-likeness (QED) is 0.530. The van der Waals surface area contributed by atoms with Gasteiger partial charge in [-0.2, -0.15) is 5.10 Å². The zero-order valence-corrected chi connectivity index (χ0v) is 19.7. The predicted molar refractivity (Wildman–Crippen MR) is 126 cm³/mol. The fraction of sp³-hybridized carbons (Fsp3) is 0.565. The lowest BCUT2D eigenvalue weighted by Crippen LogP contribution is -2.43. The first-order valence-corrected chi connectivity index (χ1v) is 11.7. The Labute approximate surface area is 197 Å². The number of aromatic nitrogens is 5. The number of ether oxygens (including phenoxy) is 1. The van der Waals surface area contributed by atoms with Crippen LogP contribution in [0.25, 0.3) is 5.65 Å². The minimum atomic E-state index is -1.18. The maximum absolute atomic E-state index is 14.4. The molecule has 182 valence electrons. The highest BCUT2D eigenvalue weighted by Crippen LogP contribution is 2.39. The molecular weight excluding hydrogens is 439 g/mol. The van der Waals surface area contributed by atoms with Gasteiger partial charge in [-0.1, -0.05) is 0 Å². The molecule has 11 heteroatoms. The molecule has 3 atom stereocenters. The summed E-state index contributed by atoms with van der Waals surface area (Å²) in [7, 11) is 0. The molecule has 0 bridgehead atoms. The largest absolute Gasteiger partial charge is 0.461 e. The van der Waals surface area contributed by atoms with Crippen LogP contribution in [0.1, 0.15) is 45.2 Å². The van der Waals surface area contributed by atoms with Crippen LogP contribution in [0, 0.1) is 0 Å². The van der Waals surface area contributed by atoms with Crippen LogP contribution in [0.4, 0.5) is 21.8 Å². The summed E-state index contributed by atoms with van der Waals surface area (Å²) in [6, 6.07) is 1.95. The number of anilines is 3. The summed E-state index contributed by atoms with van der Waals surface area (Å²) >= 11 is 0. The van der Waals surface area contributed by atoms with Gasteiger partial charge in [0.25, 0.3) is 6.47 Å². The van der Waals surface area contributed by atoms with Gasteiger partial charge in [0.05, 0.1) is 23.1 Å². The molecule has 4 heterocycles. The molecule has 0 spiro atoms. The highest BCUT2D eigenvalue weighted by Gasteiger charge is 2.38. The van der Waals surface area contributed by atoms with Gasteiger partial charge in [-0.05, 0) is 33.6 Å². The van der Waals surface area contributed by atoms with Crippen molar-refractivity contribution in [2.75, 3.05) is 36.4 Å². The third kappa shape index (κ3) is 4.20. The highest BCUT2D eigenvalue weighted by atomic mass is 19.1. The molecule has 0 radical (unpaired) electrons. The smallest absolute Gasteiger partial charge is 0.293 e. The molecule has 1 aliphatic carbocycles. The summed E-state index contributed by atoms with van der Waals surface area (Å²) < 4.78 is 23.1. The van der Waals surface area contributed by atoms with E-state index >= 15 is 0 Å². The second kappa shape index (κ2) is 8.86. The van der Waals surface area contributed by atoms with Gasteiger partial charge in [0.15, 0.2) is 5.65 Å². The van der Waals surface area contributed by atoms with Crippen molar-refractivity contribution in [3.63, 3.8) is 0 Å². The first-order chi connectivity index (χ1) is 16.3. The van der Waals surface area contributed by atoms with Crippen molar-refractivity contribution in [3.05, 3.63) is 30.4 Å². The van der Waals surface area contributed by atoms with E-state index in [9.17, 15) is 9.18 Å². The number of rotatable bonds is 6. The Morgan fingerprint density at radius 1 is 1.24 bits per heavy atom. The molecule has 2 fully saturated rings. The zero-order valence-electron chi connectivity index (χ0n) is 19.7. The lowest BCUT2D eigenvalue weighted by molar-refractivity contribution is -0.135. The molecule has 0 aromatic carbocycles. The van der Waals surface area contributed by atoms with Gasteiger partial charge in [-0.25, -0.2) is 19.0 Å². The number of carbonyl (C=O) groups excluding carboxylic acids is 1. The van der Waals surface area contributed by atoms with Crippen LogP contribution in [0.2, 0.25) is 0 Å². The van der Waals surface area contributed by atoms with E-state index in [1.54, 1.807) is 6.20 Å². The Bertz CT molecular complexity index is 1160. The molecule has 34 heavy (non-hydrogen) atoms. The number of hydrogen-bond donors (Lipinski definition) is 2. The number of nitrogens with zero attached hydrogens (tertiary/aromatic N) is 6. The topological polar surface area (TPSA) is 102 Å². The minimum absolute atomic E-state index is 0.125. The van der Waals surface area contributed by atoms with Crippen molar-refractivity contribution in [1.82, 2.24) is 29.5 Å². The average molecular weight is 471 g/mol. The maximum atomic E-state index is 14.4. The number of fused-ring (bicyclic) bond motifs is 1. The normalized spacial score (nSPS) is 23.4. The SMILES string of the molecule is CC(C)(C)n1nc(C2CC(F)C(OC=O)C2)cc1Nc1ncc(N2CCNCC2)c2nccn12. The number of imidazole rings is 1. The molecule has 2 aliphatic rings. The van der Waals surface area contributed by atoms with E-state index in [0.29, 0.717) is 18.8 Å². The van der Waals surface area contributed by atoms with Crippen LogP contribution >= 0.6 is 0 Å². The summed E-state index contributed by atoms with van der Waals surface area (Å²) in [6.45, 7) is 10.2. The van der Waals surface area contributed by atoms with E-state index in [2.05, 4.69) is 41.3 Å². The van der Waals surface area contributed by atoms with Crippen molar-refractivity contribution >= 4 is 29.6 Å². The second-order valence-corrected chi connectivity index (χ2v) is 9.94. The standard InChI is InChI=1S/C23H31FN8O2/c1-23(2,3)32-20(12-17(29-32)15-10-16(24)19(11-15)34-14-33)28-22-27-13-18(21-26-6-9-31(21)22)30-7-4-25-5-8-30/h6,9,12-16,19,25H,4-5,7-8,10-11H2,1-3H3,(H,27,28). The Hall–Kier alpha value is -3.21. The summed E-state index contributed by atoms with van der Waals surface area (Å²) in [5.74, 6) is 1.26. The van der Waals surface area contributed by atoms with Crippen molar-refractivity contribution in [2.45, 2.75) is 57.3 Å². The minimum Gasteiger partial charge on any atom is -0.461 e. The second-order valence-electron chi connectivity index (χ2n) is 9.94. The number of halogens is 1. The van der Waals surface area contributed by atoms with Crippen LogP contribution in [0.15, 0.2) is 24.7 Å². The third-order valence-corrected chi connectivity index (χ3v) is 6.55. The molecule has 0 amide bonds. The van der Waals surface area contributed by atoms with Crippen LogP contribution in [0.5, 0.6) is 0 Å². The van der Waals surface area contributed by atoms with Crippen molar-refractivity contribution < 1.29 is 13.9 Å². The van der Waals surface area contributed by atoms with E-state index < -0.39 is 12.3 Å². The fourth-order valence-corrected chi connectivity index (χ4v) is 4.84. The van der Waals surface area contributed by atoms with Gasteiger partial charge in [0.2, 0.25) is 5.95 Å². The van der Waals surface area contributed by atoms with Gasteiger partial charge in [-0.3, -0.25) is 9.20 Å². The Morgan fingerprint density at radius 3 is 2.76 bits per heavy atom. The molecule has 3 aromatic rings. The molecule has 3 unspecified atom stereocenters. The van der Waals surface area contributed by atoms with Crippen LogP contribution < -0.4 is 15.5 Å². The zero-order chi connectivity index (χ0) is 23.9. The van der Waals surface area contributed by atoms with Crippen molar-refractivity contribution in [3.8, 4) is 0 Å². The van der Waals surface area contributed by atoms with Gasteiger partial charge in [0, 0.05) is 50.6 Å². The van der Waals surface area contributed by atoms with Crippen LogP contribution in [-0.4, -0.2) is 69.1 Å². The Kier molecular flexibility index (Phi) is 5.88. The van der Waals surface area contributed by atoms with Crippen molar-refractivity contribution in [2.24, 2.45) is 0 Å². The van der Waals surface area contributed by atoms with E-state index in [1.165, 1.54) is 0 Å². The first kappa shape index (κ1) is 22.6. The van der Waals surface area contributed by atoms with Gasteiger partial charge in [-0.15, -0.1) is 0 Å². The Balaban J connectivity index is 1.46. The molecular formula is C23H31FN8O2. The number of alkyl halides is 1. The molecule has 1 saturated carbocycles. The molecule has 1 saturated heterocycles. The number of piperazine rings is 1. The highest BCUT2D eigenvalue weighted by molar-refractivity contribution is 5.71. The predicted octanol–water partition coefficient (Wildman–Crippen LogP) is 2.59. The first-order valence-electron chi connectivity index (χ1n) is 11.7. The molecule has 1 aliphatic heterocycles. The monoisotopic (exact) mass is 470 g/mol. The Morgan fingerprint density at radius 2 is 2.03 bits per heavy atom.